The van der Waals surface area contributed by atoms with E-state index >= 15 is 0 Å². The minimum Gasteiger partial charge on any atom is -0.466 e. The zero-order valence-corrected chi connectivity index (χ0v) is 11.3. The maximum Gasteiger partial charge on any atom is 0.302 e. The van der Waals surface area contributed by atoms with Gasteiger partial charge in [0.2, 0.25) is 6.04 Å². The van der Waals surface area contributed by atoms with Crippen molar-refractivity contribution >= 4 is 11.8 Å². The molecule has 1 aliphatic carbocycles. The second-order valence-corrected chi connectivity index (χ2v) is 4.54. The molecule has 0 aromatic rings. The molecular formula is C12H21NO5. The van der Waals surface area contributed by atoms with Gasteiger partial charge in [-0.05, 0) is 12.8 Å². The van der Waals surface area contributed by atoms with Crippen molar-refractivity contribution in [3.63, 3.8) is 0 Å². The van der Waals surface area contributed by atoms with Crippen LogP contribution in [0.4, 0.5) is 0 Å². The molecule has 0 amide bonds. The highest BCUT2D eigenvalue weighted by atomic mass is 16.6. The largest absolute Gasteiger partial charge is 0.466 e. The molecule has 6 heteroatoms. The van der Waals surface area contributed by atoms with E-state index < -0.39 is 6.04 Å². The van der Waals surface area contributed by atoms with Gasteiger partial charge < -0.3 is 4.74 Å². The number of hydrogen-bond donors (Lipinski definition) is 0. The first kappa shape index (κ1) is 16.5. The van der Waals surface area contributed by atoms with E-state index in [4.69, 9.17) is 0 Å². The van der Waals surface area contributed by atoms with Crippen molar-refractivity contribution < 1.29 is 19.2 Å². The van der Waals surface area contributed by atoms with Crippen molar-refractivity contribution in [2.75, 3.05) is 6.61 Å². The number of ketones is 1. The van der Waals surface area contributed by atoms with E-state index in [2.05, 4.69) is 4.74 Å². The van der Waals surface area contributed by atoms with Crippen LogP contribution in [-0.4, -0.2) is 29.3 Å². The van der Waals surface area contributed by atoms with Gasteiger partial charge in [-0.1, -0.05) is 6.92 Å². The average molecular weight is 259 g/mol. The van der Waals surface area contributed by atoms with E-state index in [0.717, 1.165) is 0 Å². The third kappa shape index (κ3) is 5.75. The highest BCUT2D eigenvalue weighted by molar-refractivity contribution is 5.81. The third-order valence-electron chi connectivity index (χ3n) is 3.04. The summed E-state index contributed by atoms with van der Waals surface area (Å²) >= 11 is 0. The molecule has 6 nitrogen and oxygen atoms in total. The van der Waals surface area contributed by atoms with E-state index in [1.165, 1.54) is 6.92 Å². The Hall–Kier alpha value is -1.46. The zero-order chi connectivity index (χ0) is 14.3. The Labute approximate surface area is 107 Å². The van der Waals surface area contributed by atoms with Gasteiger partial charge in [-0.15, -0.1) is 0 Å². The number of nitrogens with zero attached hydrogens (tertiary/aromatic N) is 1. The van der Waals surface area contributed by atoms with Crippen molar-refractivity contribution in [1.29, 1.82) is 0 Å². The summed E-state index contributed by atoms with van der Waals surface area (Å²) in [6.45, 7) is 7.15. The predicted octanol–water partition coefficient (Wildman–Crippen LogP) is 1.84. The number of Topliss-reactive ketones (excluding diaryl/α,β-unsaturated/α-hetero) is 1. The topological polar surface area (TPSA) is 86.5 Å². The Bertz CT molecular complexity index is 316. The van der Waals surface area contributed by atoms with Crippen LogP contribution in [0.2, 0.25) is 0 Å². The van der Waals surface area contributed by atoms with Crippen LogP contribution in [0.3, 0.4) is 0 Å². The molecule has 1 rings (SSSR count). The molecular weight excluding hydrogens is 238 g/mol. The Morgan fingerprint density at radius 3 is 2.33 bits per heavy atom. The lowest BCUT2D eigenvalue weighted by atomic mass is 9.92. The number of nitro groups is 1. The van der Waals surface area contributed by atoms with Crippen molar-refractivity contribution in [2.45, 2.75) is 46.6 Å². The second kappa shape index (κ2) is 7.79. The second-order valence-electron chi connectivity index (χ2n) is 4.54. The molecule has 0 aromatic carbocycles. The summed E-state index contributed by atoms with van der Waals surface area (Å²) in [7, 11) is 0. The van der Waals surface area contributed by atoms with Crippen LogP contribution in [0.1, 0.15) is 40.5 Å². The molecule has 104 valence electrons. The van der Waals surface area contributed by atoms with Gasteiger partial charge in [0.15, 0.2) is 0 Å². The molecule has 0 N–H and O–H groups in total. The monoisotopic (exact) mass is 259 g/mol. The normalized spacial score (nSPS) is 23.9. The fraction of sp³-hybridized carbons (Fsp3) is 0.833. The number of hydrogen-bond acceptors (Lipinski definition) is 5. The minimum atomic E-state index is -0.577. The van der Waals surface area contributed by atoms with Crippen molar-refractivity contribution in [2.24, 2.45) is 11.8 Å². The van der Waals surface area contributed by atoms with Gasteiger partial charge in [0, 0.05) is 37.5 Å². The van der Waals surface area contributed by atoms with Gasteiger partial charge in [-0.3, -0.25) is 19.7 Å². The Morgan fingerprint density at radius 2 is 2.11 bits per heavy atom. The summed E-state index contributed by atoms with van der Waals surface area (Å²) < 4.78 is 4.40. The van der Waals surface area contributed by atoms with Crippen molar-refractivity contribution in [3.05, 3.63) is 10.1 Å². The van der Waals surface area contributed by atoms with E-state index in [9.17, 15) is 19.7 Å². The van der Waals surface area contributed by atoms with Crippen LogP contribution in [0.25, 0.3) is 0 Å². The first-order valence-electron chi connectivity index (χ1n) is 6.08. The predicted molar refractivity (Wildman–Crippen MR) is 65.7 cm³/mol. The van der Waals surface area contributed by atoms with Crippen LogP contribution in [0.15, 0.2) is 0 Å². The number of rotatable bonds is 3. The molecule has 0 aromatic heterocycles. The fourth-order valence-corrected chi connectivity index (χ4v) is 2.06. The first-order valence-corrected chi connectivity index (χ1v) is 6.08. The molecule has 3 atom stereocenters. The van der Waals surface area contributed by atoms with Crippen molar-refractivity contribution in [3.8, 4) is 0 Å². The summed E-state index contributed by atoms with van der Waals surface area (Å²) in [5, 5.41) is 10.4. The highest BCUT2D eigenvalue weighted by Gasteiger charge is 2.38. The minimum absolute atomic E-state index is 0.0486. The van der Waals surface area contributed by atoms with Gasteiger partial charge in [-0.2, -0.15) is 0 Å². The molecule has 0 spiro atoms. The molecule has 0 radical (unpaired) electrons. The molecule has 0 saturated heterocycles. The summed E-state index contributed by atoms with van der Waals surface area (Å²) in [5.74, 6) is 0.0871. The number of carbonyl (C=O) groups is 2. The van der Waals surface area contributed by atoms with Crippen LogP contribution in [0, 0.1) is 22.0 Å². The Kier molecular flexibility index (Phi) is 7.16. The van der Waals surface area contributed by atoms with Gasteiger partial charge in [0.05, 0.1) is 6.61 Å². The zero-order valence-electron chi connectivity index (χ0n) is 11.3. The standard InChI is InChI=1S/C8H13NO3.C4H8O2/c1-5-3-7(10)4-8(5)6(2)9(11)12;1-3-6-4(2)5/h5-6,8H,3-4H2,1-2H3;3H2,1-2H3/t5-,6-,8+;/m1./s1. The highest BCUT2D eigenvalue weighted by Crippen LogP contribution is 2.32. The molecule has 0 heterocycles. The molecule has 0 bridgehead atoms. The molecule has 18 heavy (non-hydrogen) atoms. The lowest BCUT2D eigenvalue weighted by molar-refractivity contribution is -0.528. The summed E-state index contributed by atoms with van der Waals surface area (Å²) in [5.41, 5.74) is 0. The van der Waals surface area contributed by atoms with Gasteiger partial charge in [-0.25, -0.2) is 0 Å². The smallest absolute Gasteiger partial charge is 0.302 e. The van der Waals surface area contributed by atoms with E-state index in [-0.39, 0.29) is 28.5 Å². The summed E-state index contributed by atoms with van der Waals surface area (Å²) in [4.78, 5) is 30.9. The summed E-state index contributed by atoms with van der Waals surface area (Å²) in [6, 6.07) is -0.577. The molecule has 0 unspecified atom stereocenters. The molecule has 1 saturated carbocycles. The SMILES string of the molecule is CCOC(C)=O.C[C@@H]1CC(=O)C[C@@H]1[C@@H](C)[N+](=O)[O-]. The van der Waals surface area contributed by atoms with Crippen LogP contribution in [-0.2, 0) is 14.3 Å². The molecule has 1 aliphatic rings. The number of carbonyl (C=O) groups excluding carboxylic acids is 2. The third-order valence-corrected chi connectivity index (χ3v) is 3.04. The van der Waals surface area contributed by atoms with Crippen LogP contribution < -0.4 is 0 Å². The molecule has 1 fully saturated rings. The van der Waals surface area contributed by atoms with E-state index in [0.29, 0.717) is 19.4 Å². The Balaban J connectivity index is 0.000000411. The van der Waals surface area contributed by atoms with E-state index in [1.54, 1.807) is 13.8 Å². The average Bonchev–Trinajstić information content (AvgIpc) is 2.57. The molecule has 0 aliphatic heterocycles. The van der Waals surface area contributed by atoms with E-state index in [1.807, 2.05) is 6.92 Å². The fourth-order valence-electron chi connectivity index (χ4n) is 2.06. The van der Waals surface area contributed by atoms with Crippen LogP contribution >= 0.6 is 0 Å². The lowest BCUT2D eigenvalue weighted by Crippen LogP contribution is -2.27. The lowest BCUT2D eigenvalue weighted by Gasteiger charge is -2.14. The first-order chi connectivity index (χ1) is 8.29. The Morgan fingerprint density at radius 1 is 1.56 bits per heavy atom. The number of ether oxygens (including phenoxy) is 1. The van der Waals surface area contributed by atoms with Crippen LogP contribution in [0.5, 0.6) is 0 Å². The van der Waals surface area contributed by atoms with Gasteiger partial charge in [0.1, 0.15) is 5.78 Å². The number of esters is 1. The van der Waals surface area contributed by atoms with Gasteiger partial charge in [0.25, 0.3) is 0 Å². The maximum absolute atomic E-state index is 11.0. The van der Waals surface area contributed by atoms with Gasteiger partial charge >= 0.3 is 5.97 Å². The quantitative estimate of drug-likeness (QED) is 0.438. The summed E-state index contributed by atoms with van der Waals surface area (Å²) in [6.07, 6.45) is 0.909. The maximum atomic E-state index is 11.0. The van der Waals surface area contributed by atoms with Crippen molar-refractivity contribution in [1.82, 2.24) is 0 Å².